The smallest absolute Gasteiger partial charge is 0.321 e. The predicted molar refractivity (Wildman–Crippen MR) is 118 cm³/mol. The predicted octanol–water partition coefficient (Wildman–Crippen LogP) is 0.569. The van der Waals surface area contributed by atoms with Crippen LogP contribution in [0.3, 0.4) is 0 Å². The third-order valence-electron chi connectivity index (χ3n) is 5.55. The van der Waals surface area contributed by atoms with Crippen molar-refractivity contribution < 1.29 is 19.1 Å². The molecular formula is C22H33N5O4. The van der Waals surface area contributed by atoms with E-state index in [1.807, 2.05) is 30.3 Å². The molecule has 2 amide bonds. The van der Waals surface area contributed by atoms with Gasteiger partial charge in [-0.15, -0.1) is 0 Å². The van der Waals surface area contributed by atoms with E-state index < -0.39 is 11.4 Å². The summed E-state index contributed by atoms with van der Waals surface area (Å²) in [5, 5.41) is 2.87. The second-order valence-electron chi connectivity index (χ2n) is 7.98. The molecule has 0 aromatic heterocycles. The Bertz CT molecular complexity index is 794. The maximum atomic E-state index is 13.1. The molecule has 1 saturated heterocycles. The third-order valence-corrected chi connectivity index (χ3v) is 5.55. The second-order valence-corrected chi connectivity index (χ2v) is 7.98. The molecule has 0 aliphatic carbocycles. The zero-order chi connectivity index (χ0) is 22.9. The standard InChI is InChI=1S/C22H33N5O4/c1-22(20(30)31-2)14-17(15-26-18(28)11-6-12-25-21(23)24)27(19(22)29)13-7-10-16-8-4-3-5-9-16/h3-5,8-9,17H,6-7,10-15H2,1-2H3,(H,26,28)(H4,23,24,25)/t17-,22-/m0/s1. The number of esters is 1. The number of aliphatic imine (C=N–C) groups is 1. The van der Waals surface area contributed by atoms with Gasteiger partial charge < -0.3 is 26.4 Å². The number of carbonyl (C=O) groups excluding carboxylic acids is 3. The summed E-state index contributed by atoms with van der Waals surface area (Å²) in [6, 6.07) is 9.75. The average Bonchev–Trinajstić information content (AvgIpc) is 3.00. The van der Waals surface area contributed by atoms with Gasteiger partial charge in [0.1, 0.15) is 5.41 Å². The number of benzene rings is 1. The molecule has 0 radical (unpaired) electrons. The number of methoxy groups -OCH3 is 1. The maximum absolute atomic E-state index is 13.1. The molecule has 31 heavy (non-hydrogen) atoms. The Balaban J connectivity index is 1.96. The normalized spacial score (nSPS) is 20.4. The van der Waals surface area contributed by atoms with Gasteiger partial charge in [0.2, 0.25) is 11.8 Å². The number of amides is 2. The first-order chi connectivity index (χ1) is 14.8. The van der Waals surface area contributed by atoms with Gasteiger partial charge in [0.05, 0.1) is 13.2 Å². The molecule has 9 nitrogen and oxygen atoms in total. The van der Waals surface area contributed by atoms with Crippen molar-refractivity contribution >= 4 is 23.7 Å². The lowest BCUT2D eigenvalue weighted by Gasteiger charge is -2.25. The molecule has 9 heteroatoms. The van der Waals surface area contributed by atoms with Crippen LogP contribution in [0.4, 0.5) is 0 Å². The highest BCUT2D eigenvalue weighted by Crippen LogP contribution is 2.37. The minimum Gasteiger partial charge on any atom is -0.468 e. The van der Waals surface area contributed by atoms with Gasteiger partial charge in [0, 0.05) is 26.1 Å². The van der Waals surface area contributed by atoms with Gasteiger partial charge in [0.15, 0.2) is 5.96 Å². The van der Waals surface area contributed by atoms with Crippen LogP contribution < -0.4 is 16.8 Å². The summed E-state index contributed by atoms with van der Waals surface area (Å²) >= 11 is 0. The van der Waals surface area contributed by atoms with Crippen molar-refractivity contribution in [3.8, 4) is 0 Å². The highest BCUT2D eigenvalue weighted by molar-refractivity contribution is 6.04. The van der Waals surface area contributed by atoms with Crippen molar-refractivity contribution in [3.63, 3.8) is 0 Å². The van der Waals surface area contributed by atoms with Crippen molar-refractivity contribution in [2.45, 2.75) is 45.1 Å². The summed E-state index contributed by atoms with van der Waals surface area (Å²) in [7, 11) is 1.28. The molecule has 2 rings (SSSR count). The number of hydrogen-bond donors (Lipinski definition) is 3. The van der Waals surface area contributed by atoms with Crippen molar-refractivity contribution in [1.82, 2.24) is 10.2 Å². The van der Waals surface area contributed by atoms with E-state index in [1.54, 1.807) is 11.8 Å². The van der Waals surface area contributed by atoms with Crippen LogP contribution in [0.1, 0.15) is 38.2 Å². The van der Waals surface area contributed by atoms with Crippen LogP contribution in [0.2, 0.25) is 0 Å². The van der Waals surface area contributed by atoms with Crippen LogP contribution in [-0.4, -0.2) is 61.4 Å². The molecule has 0 spiro atoms. The first-order valence-electron chi connectivity index (χ1n) is 10.5. The van der Waals surface area contributed by atoms with E-state index in [-0.39, 0.29) is 36.8 Å². The maximum Gasteiger partial charge on any atom is 0.321 e. The van der Waals surface area contributed by atoms with E-state index in [9.17, 15) is 14.4 Å². The first-order valence-corrected chi connectivity index (χ1v) is 10.5. The number of nitrogens with zero attached hydrogens (tertiary/aromatic N) is 2. The van der Waals surface area contributed by atoms with E-state index in [0.717, 1.165) is 12.8 Å². The van der Waals surface area contributed by atoms with Gasteiger partial charge in [-0.1, -0.05) is 30.3 Å². The van der Waals surface area contributed by atoms with Crippen LogP contribution in [-0.2, 0) is 25.5 Å². The van der Waals surface area contributed by atoms with E-state index >= 15 is 0 Å². The molecule has 0 saturated carbocycles. The number of aryl methyl sites for hydroxylation is 1. The largest absolute Gasteiger partial charge is 0.468 e. The van der Waals surface area contributed by atoms with Gasteiger partial charge in [-0.25, -0.2) is 0 Å². The summed E-state index contributed by atoms with van der Waals surface area (Å²) in [5.74, 6) is -0.941. The molecule has 5 N–H and O–H groups in total. The number of hydrogen-bond acceptors (Lipinski definition) is 5. The molecule has 0 unspecified atom stereocenters. The minimum atomic E-state index is -1.23. The summed E-state index contributed by atoms with van der Waals surface area (Å²) in [5.41, 5.74) is 10.5. The Morgan fingerprint density at radius 2 is 1.97 bits per heavy atom. The number of nitrogens with one attached hydrogen (secondary N) is 1. The monoisotopic (exact) mass is 431 g/mol. The SMILES string of the molecule is COC(=O)[C@@]1(C)C[C@@H](CNC(=O)CCCN=C(N)N)N(CCCc2ccccc2)C1=O. The molecule has 1 aliphatic rings. The highest BCUT2D eigenvalue weighted by atomic mass is 16.5. The molecule has 170 valence electrons. The fourth-order valence-electron chi connectivity index (χ4n) is 3.88. The topological polar surface area (TPSA) is 140 Å². The lowest BCUT2D eigenvalue weighted by Crippen LogP contribution is -2.43. The van der Waals surface area contributed by atoms with Crippen molar-refractivity contribution in [3.05, 3.63) is 35.9 Å². The Morgan fingerprint density at radius 3 is 2.61 bits per heavy atom. The average molecular weight is 432 g/mol. The Hall–Kier alpha value is -3.10. The lowest BCUT2D eigenvalue weighted by atomic mass is 9.87. The van der Waals surface area contributed by atoms with Crippen molar-refractivity contribution in [2.75, 3.05) is 26.7 Å². The molecule has 2 atom stereocenters. The van der Waals surface area contributed by atoms with Gasteiger partial charge >= 0.3 is 5.97 Å². The van der Waals surface area contributed by atoms with Gasteiger partial charge in [0.25, 0.3) is 0 Å². The zero-order valence-corrected chi connectivity index (χ0v) is 18.3. The fraction of sp³-hybridized carbons (Fsp3) is 0.545. The molecule has 1 aliphatic heterocycles. The van der Waals surface area contributed by atoms with E-state index in [0.29, 0.717) is 25.9 Å². The first kappa shape index (κ1) is 24.2. The molecule has 0 bridgehead atoms. The molecule has 1 heterocycles. The van der Waals surface area contributed by atoms with Crippen LogP contribution in [0.25, 0.3) is 0 Å². The Labute approximate surface area is 183 Å². The number of ether oxygens (including phenoxy) is 1. The Kier molecular flexibility index (Phi) is 8.84. The summed E-state index contributed by atoms with van der Waals surface area (Å²) in [6.45, 7) is 2.78. The van der Waals surface area contributed by atoms with Crippen molar-refractivity contribution in [1.29, 1.82) is 0 Å². The van der Waals surface area contributed by atoms with Gasteiger partial charge in [-0.05, 0) is 38.2 Å². The van der Waals surface area contributed by atoms with E-state index in [4.69, 9.17) is 16.2 Å². The van der Waals surface area contributed by atoms with Crippen LogP contribution >= 0.6 is 0 Å². The second kappa shape index (κ2) is 11.3. The fourth-order valence-corrected chi connectivity index (χ4v) is 3.88. The molecule has 1 aromatic carbocycles. The Morgan fingerprint density at radius 1 is 1.26 bits per heavy atom. The number of likely N-dealkylation sites (tertiary alicyclic amines) is 1. The van der Waals surface area contributed by atoms with E-state index in [1.165, 1.54) is 12.7 Å². The number of carbonyl (C=O) groups is 3. The van der Waals surface area contributed by atoms with E-state index in [2.05, 4.69) is 10.3 Å². The summed E-state index contributed by atoms with van der Waals surface area (Å²) < 4.78 is 4.88. The molecule has 1 aromatic rings. The van der Waals surface area contributed by atoms with Crippen LogP contribution in [0, 0.1) is 5.41 Å². The lowest BCUT2D eigenvalue weighted by molar-refractivity contribution is -0.157. The third kappa shape index (κ3) is 6.70. The van der Waals surface area contributed by atoms with Gasteiger partial charge in [-0.3, -0.25) is 19.4 Å². The van der Waals surface area contributed by atoms with Gasteiger partial charge in [-0.2, -0.15) is 0 Å². The zero-order valence-electron chi connectivity index (χ0n) is 18.3. The van der Waals surface area contributed by atoms with Crippen LogP contribution in [0.5, 0.6) is 0 Å². The highest BCUT2D eigenvalue weighted by Gasteiger charge is 2.53. The quantitative estimate of drug-likeness (QED) is 0.154. The minimum absolute atomic E-state index is 0.00174. The molecular weight excluding hydrogens is 398 g/mol. The van der Waals surface area contributed by atoms with Crippen LogP contribution in [0.15, 0.2) is 35.3 Å². The molecule has 1 fully saturated rings. The number of rotatable bonds is 11. The summed E-state index contributed by atoms with van der Waals surface area (Å²) in [6.07, 6.45) is 2.69. The van der Waals surface area contributed by atoms with Crippen molar-refractivity contribution in [2.24, 2.45) is 21.9 Å². The number of guanidine groups is 1. The number of nitrogens with two attached hydrogens (primary N) is 2. The summed E-state index contributed by atoms with van der Waals surface area (Å²) in [4.78, 5) is 43.1.